The van der Waals surface area contributed by atoms with Gasteiger partial charge in [0, 0.05) is 26.2 Å². The first-order valence-corrected chi connectivity index (χ1v) is 14.2. The predicted molar refractivity (Wildman–Crippen MR) is 142 cm³/mol. The summed E-state index contributed by atoms with van der Waals surface area (Å²) in [5, 5.41) is 9.10. The lowest BCUT2D eigenvalue weighted by Crippen LogP contribution is -2.56. The number of esters is 1. The van der Waals surface area contributed by atoms with Crippen molar-refractivity contribution in [2.75, 3.05) is 32.8 Å². The molecule has 0 aliphatic carbocycles. The lowest BCUT2D eigenvalue weighted by molar-refractivity contribution is -0.155. The maximum atomic E-state index is 14.1. The fourth-order valence-corrected chi connectivity index (χ4v) is 6.36. The van der Waals surface area contributed by atoms with Crippen molar-refractivity contribution < 1.29 is 29.0 Å². The van der Waals surface area contributed by atoms with Crippen LogP contribution < -0.4 is 0 Å². The molecule has 5 atom stereocenters. The van der Waals surface area contributed by atoms with Crippen LogP contribution in [-0.4, -0.2) is 83.3 Å². The Morgan fingerprint density at radius 3 is 2.65 bits per heavy atom. The Kier molecular flexibility index (Phi) is 11.2. The average Bonchev–Trinajstić information content (AvgIpc) is 3.53. The van der Waals surface area contributed by atoms with Crippen LogP contribution >= 0.6 is 0 Å². The van der Waals surface area contributed by atoms with E-state index in [-0.39, 0.29) is 25.0 Å². The van der Waals surface area contributed by atoms with Crippen LogP contribution in [-0.2, 0) is 23.9 Å². The van der Waals surface area contributed by atoms with E-state index >= 15 is 0 Å². The average molecular weight is 519 g/mol. The van der Waals surface area contributed by atoms with Gasteiger partial charge in [-0.15, -0.1) is 13.2 Å². The highest BCUT2D eigenvalue weighted by Gasteiger charge is 2.74. The number of unbranched alkanes of at least 4 members (excludes halogenated alkanes) is 6. The Balaban J connectivity index is 1.85. The Morgan fingerprint density at radius 1 is 1.16 bits per heavy atom. The molecule has 3 heterocycles. The van der Waals surface area contributed by atoms with Gasteiger partial charge < -0.3 is 24.4 Å². The molecular formula is C29H46N2O6. The van der Waals surface area contributed by atoms with Gasteiger partial charge in [-0.05, 0) is 44.9 Å². The highest BCUT2D eigenvalue weighted by Crippen LogP contribution is 2.58. The summed E-state index contributed by atoms with van der Waals surface area (Å²) in [6.07, 6.45) is 11.9. The number of hydrogen-bond donors (Lipinski definition) is 1. The molecule has 0 aromatic rings. The van der Waals surface area contributed by atoms with Crippen LogP contribution in [0, 0.1) is 11.8 Å². The van der Waals surface area contributed by atoms with Gasteiger partial charge in [-0.3, -0.25) is 14.4 Å². The third kappa shape index (κ3) is 6.28. The molecule has 37 heavy (non-hydrogen) atoms. The van der Waals surface area contributed by atoms with Crippen molar-refractivity contribution in [1.82, 2.24) is 9.80 Å². The second-order valence-electron chi connectivity index (χ2n) is 10.6. The maximum absolute atomic E-state index is 14.1. The van der Waals surface area contributed by atoms with E-state index in [0.29, 0.717) is 38.9 Å². The summed E-state index contributed by atoms with van der Waals surface area (Å²) >= 11 is 0. The monoisotopic (exact) mass is 518 g/mol. The quantitative estimate of drug-likeness (QED) is 0.169. The number of aliphatic hydroxyl groups excluding tert-OH is 1. The van der Waals surface area contributed by atoms with Crippen LogP contribution in [0.4, 0.5) is 0 Å². The number of carbonyl (C=O) groups excluding carboxylic acids is 3. The number of ether oxygens (including phenoxy) is 2. The van der Waals surface area contributed by atoms with Crippen LogP contribution in [0.25, 0.3) is 0 Å². The van der Waals surface area contributed by atoms with E-state index in [4.69, 9.17) is 14.6 Å². The minimum Gasteiger partial charge on any atom is -0.465 e. The minimum atomic E-state index is -0.987. The number of allylic oxidation sites excluding steroid dienone is 1. The van der Waals surface area contributed by atoms with Crippen molar-refractivity contribution >= 4 is 17.8 Å². The number of rotatable bonds is 18. The van der Waals surface area contributed by atoms with E-state index < -0.39 is 35.6 Å². The van der Waals surface area contributed by atoms with Crippen LogP contribution in [0.5, 0.6) is 0 Å². The first kappa shape index (κ1) is 29.4. The van der Waals surface area contributed by atoms with Crippen molar-refractivity contribution in [2.24, 2.45) is 11.8 Å². The maximum Gasteiger partial charge on any atom is 0.312 e. The predicted octanol–water partition coefficient (Wildman–Crippen LogP) is 3.63. The molecule has 208 valence electrons. The lowest BCUT2D eigenvalue weighted by atomic mass is 9.70. The summed E-state index contributed by atoms with van der Waals surface area (Å²) in [5.74, 6) is -2.03. The Labute approximate surface area is 222 Å². The van der Waals surface area contributed by atoms with Crippen LogP contribution in [0.1, 0.15) is 77.6 Å². The molecule has 0 aromatic heterocycles. The van der Waals surface area contributed by atoms with E-state index in [0.717, 1.165) is 51.4 Å². The van der Waals surface area contributed by atoms with E-state index in [1.54, 1.807) is 22.0 Å². The molecule has 0 aromatic carbocycles. The minimum absolute atomic E-state index is 0.108. The SMILES string of the molecule is C=CCCCOC(=O)[C@@H]1[C@@H]2CCC3(O2)C(C(=O)N(CC=C)CCCCC)N(CCCCCCO)C(=O)[C@H]13. The number of hydrogen-bond acceptors (Lipinski definition) is 6. The van der Waals surface area contributed by atoms with Gasteiger partial charge in [0.05, 0.1) is 24.5 Å². The fraction of sp³-hybridized carbons (Fsp3) is 0.759. The zero-order valence-corrected chi connectivity index (χ0v) is 22.6. The number of amides is 2. The molecule has 1 N–H and O–H groups in total. The van der Waals surface area contributed by atoms with E-state index in [1.807, 2.05) is 0 Å². The smallest absolute Gasteiger partial charge is 0.312 e. The van der Waals surface area contributed by atoms with Gasteiger partial charge >= 0.3 is 5.97 Å². The van der Waals surface area contributed by atoms with Gasteiger partial charge in [0.2, 0.25) is 11.8 Å². The lowest BCUT2D eigenvalue weighted by Gasteiger charge is -2.37. The Bertz CT molecular complexity index is 816. The van der Waals surface area contributed by atoms with Gasteiger partial charge in [-0.1, -0.05) is 44.8 Å². The number of nitrogens with zero attached hydrogens (tertiary/aromatic N) is 2. The standard InChI is InChI=1S/C29H46N2O6/c1-4-7-11-18-30(17-6-3)27(34)25-29-16-15-22(37-29)23(28(35)36-21-14-8-5-2)24(29)26(33)31(25)19-12-9-10-13-20-32/h5-6,22-25,32H,2-4,7-21H2,1H3/t22-,23+,24-,25?,29?/m0/s1. The van der Waals surface area contributed by atoms with Crippen LogP contribution in [0.15, 0.2) is 25.3 Å². The topological polar surface area (TPSA) is 96.4 Å². The second-order valence-corrected chi connectivity index (χ2v) is 10.6. The van der Waals surface area contributed by atoms with Crippen molar-refractivity contribution in [3.05, 3.63) is 25.3 Å². The molecule has 3 saturated heterocycles. The molecular weight excluding hydrogens is 472 g/mol. The van der Waals surface area contributed by atoms with Gasteiger partial charge in [0.1, 0.15) is 11.6 Å². The molecule has 3 fully saturated rings. The molecule has 3 aliphatic heterocycles. The third-order valence-corrected chi connectivity index (χ3v) is 8.10. The summed E-state index contributed by atoms with van der Waals surface area (Å²) in [5.41, 5.74) is -0.987. The van der Waals surface area contributed by atoms with E-state index in [1.165, 1.54) is 0 Å². The summed E-state index contributed by atoms with van der Waals surface area (Å²) in [7, 11) is 0. The molecule has 2 unspecified atom stereocenters. The highest BCUT2D eigenvalue weighted by atomic mass is 16.6. The molecule has 8 heteroatoms. The first-order valence-electron chi connectivity index (χ1n) is 14.2. The third-order valence-electron chi connectivity index (χ3n) is 8.10. The largest absolute Gasteiger partial charge is 0.465 e. The molecule has 3 aliphatic rings. The van der Waals surface area contributed by atoms with Gasteiger partial charge in [0.25, 0.3) is 0 Å². The zero-order chi connectivity index (χ0) is 26.8. The second kappa shape index (κ2) is 14.1. The number of likely N-dealkylation sites (tertiary alicyclic amines) is 1. The summed E-state index contributed by atoms with van der Waals surface area (Å²) in [4.78, 5) is 44.7. The highest BCUT2D eigenvalue weighted by molar-refractivity contribution is 5.98. The van der Waals surface area contributed by atoms with E-state index in [9.17, 15) is 14.4 Å². The summed E-state index contributed by atoms with van der Waals surface area (Å²) in [6, 6.07) is -0.743. The number of fused-ring (bicyclic) bond motifs is 1. The van der Waals surface area contributed by atoms with E-state index in [2.05, 4.69) is 20.1 Å². The zero-order valence-electron chi connectivity index (χ0n) is 22.6. The van der Waals surface area contributed by atoms with Crippen molar-refractivity contribution in [3.8, 4) is 0 Å². The summed E-state index contributed by atoms with van der Waals surface area (Å²) < 4.78 is 12.1. The van der Waals surface area contributed by atoms with Gasteiger partial charge in [-0.2, -0.15) is 0 Å². The Hall–Kier alpha value is -2.19. The summed E-state index contributed by atoms with van der Waals surface area (Å²) in [6.45, 7) is 11.5. The van der Waals surface area contributed by atoms with Crippen LogP contribution in [0.3, 0.4) is 0 Å². The van der Waals surface area contributed by atoms with Gasteiger partial charge in [-0.25, -0.2) is 0 Å². The molecule has 8 nitrogen and oxygen atoms in total. The van der Waals surface area contributed by atoms with Crippen molar-refractivity contribution in [3.63, 3.8) is 0 Å². The van der Waals surface area contributed by atoms with Crippen LogP contribution in [0.2, 0.25) is 0 Å². The van der Waals surface area contributed by atoms with Crippen molar-refractivity contribution in [1.29, 1.82) is 0 Å². The number of aliphatic hydroxyl groups is 1. The molecule has 2 amide bonds. The number of carbonyl (C=O) groups is 3. The molecule has 0 radical (unpaired) electrons. The molecule has 1 spiro atoms. The molecule has 0 saturated carbocycles. The first-order chi connectivity index (χ1) is 18.0. The molecule has 3 rings (SSSR count). The Morgan fingerprint density at radius 2 is 1.95 bits per heavy atom. The van der Waals surface area contributed by atoms with Gasteiger partial charge in [0.15, 0.2) is 0 Å². The fourth-order valence-electron chi connectivity index (χ4n) is 6.36. The van der Waals surface area contributed by atoms with Crippen molar-refractivity contribution in [2.45, 2.75) is 95.3 Å². The normalized spacial score (nSPS) is 27.8. The molecule has 2 bridgehead atoms.